The predicted molar refractivity (Wildman–Crippen MR) is 114 cm³/mol. The number of nitrogens with zero attached hydrogens (tertiary/aromatic N) is 3. The fourth-order valence-electron chi connectivity index (χ4n) is 3.32. The van der Waals surface area contributed by atoms with E-state index in [1.807, 2.05) is 18.2 Å². The third-order valence-corrected chi connectivity index (χ3v) is 5.05. The molecule has 0 radical (unpaired) electrons. The van der Waals surface area contributed by atoms with E-state index in [-0.39, 0.29) is 0 Å². The third kappa shape index (κ3) is 4.07. The van der Waals surface area contributed by atoms with Gasteiger partial charge in [-0.1, -0.05) is 24.3 Å². The van der Waals surface area contributed by atoms with E-state index in [1.165, 1.54) is 11.1 Å². The topological polar surface area (TPSA) is 62.3 Å². The average molecular weight is 375 g/mol. The minimum Gasteiger partial charge on any atom is -0.378 e. The minimum atomic E-state index is 0.753. The first-order chi connectivity index (χ1) is 13.7. The van der Waals surface area contributed by atoms with Gasteiger partial charge in [0, 0.05) is 24.8 Å². The molecule has 1 aliphatic rings. The molecule has 6 nitrogen and oxygen atoms in total. The molecule has 0 atom stereocenters. The summed E-state index contributed by atoms with van der Waals surface area (Å²) in [6.45, 7) is 7.51. The lowest BCUT2D eigenvalue weighted by Gasteiger charge is -2.30. The lowest BCUT2D eigenvalue weighted by molar-refractivity contribution is 0.123. The second-order valence-electron chi connectivity index (χ2n) is 6.90. The molecule has 6 heteroatoms. The van der Waals surface area contributed by atoms with Crippen LogP contribution in [0.2, 0.25) is 0 Å². The first-order valence-electron chi connectivity index (χ1n) is 9.55. The molecule has 0 spiro atoms. The van der Waals surface area contributed by atoms with Crippen LogP contribution in [-0.2, 0) is 4.74 Å². The summed E-state index contributed by atoms with van der Waals surface area (Å²) < 4.78 is 5.48. The van der Waals surface area contributed by atoms with Crippen LogP contribution in [0, 0.1) is 13.8 Å². The summed E-state index contributed by atoms with van der Waals surface area (Å²) in [5.74, 6) is 1.51. The molecule has 1 fully saturated rings. The number of hydrogen-bond acceptors (Lipinski definition) is 6. The highest BCUT2D eigenvalue weighted by atomic mass is 16.5. The van der Waals surface area contributed by atoms with Crippen LogP contribution in [0.1, 0.15) is 11.1 Å². The molecule has 4 rings (SSSR count). The molecule has 0 bridgehead atoms. The van der Waals surface area contributed by atoms with Gasteiger partial charge in [0.05, 0.1) is 24.6 Å². The molecule has 0 amide bonds. The number of rotatable bonds is 5. The number of ether oxygens (including phenoxy) is 1. The molecule has 1 aliphatic heterocycles. The van der Waals surface area contributed by atoms with Gasteiger partial charge in [0.2, 0.25) is 0 Å². The van der Waals surface area contributed by atoms with E-state index in [9.17, 15) is 0 Å². The number of hydrogen-bond donors (Lipinski definition) is 2. The maximum Gasteiger partial charge on any atom is 0.135 e. The zero-order valence-electron chi connectivity index (χ0n) is 16.3. The first-order valence-corrected chi connectivity index (χ1v) is 9.55. The molecule has 144 valence electrons. The van der Waals surface area contributed by atoms with Gasteiger partial charge >= 0.3 is 0 Å². The standard InChI is InChI=1S/C22H25N5O/c1-16-6-5-8-18(17(16)2)25-21-14-22(24-15-23-21)26-19-7-3-4-9-20(19)27-10-12-28-13-11-27/h3-9,14-15H,10-13H2,1-2H3,(H2,23,24,25,26). The van der Waals surface area contributed by atoms with Crippen LogP contribution in [0.3, 0.4) is 0 Å². The van der Waals surface area contributed by atoms with Crippen LogP contribution in [-0.4, -0.2) is 36.3 Å². The Balaban J connectivity index is 1.55. The Labute approximate surface area is 165 Å². The van der Waals surface area contributed by atoms with Gasteiger partial charge in [-0.3, -0.25) is 0 Å². The van der Waals surface area contributed by atoms with Gasteiger partial charge in [0.1, 0.15) is 18.0 Å². The van der Waals surface area contributed by atoms with Crippen molar-refractivity contribution in [2.45, 2.75) is 13.8 Å². The zero-order valence-corrected chi connectivity index (χ0v) is 16.3. The van der Waals surface area contributed by atoms with E-state index in [2.05, 4.69) is 69.7 Å². The number of para-hydroxylation sites is 2. The summed E-state index contributed by atoms with van der Waals surface area (Å²) >= 11 is 0. The lowest BCUT2D eigenvalue weighted by atomic mass is 10.1. The van der Waals surface area contributed by atoms with Gasteiger partial charge in [-0.2, -0.15) is 0 Å². The normalized spacial score (nSPS) is 14.0. The Morgan fingerprint density at radius 3 is 2.32 bits per heavy atom. The Morgan fingerprint density at radius 1 is 0.857 bits per heavy atom. The molecule has 2 heterocycles. The molecule has 0 unspecified atom stereocenters. The highest BCUT2D eigenvalue weighted by Crippen LogP contribution is 2.29. The highest BCUT2D eigenvalue weighted by molar-refractivity contribution is 5.75. The SMILES string of the molecule is Cc1cccc(Nc2cc(Nc3ccccc3N3CCOCC3)ncn2)c1C. The van der Waals surface area contributed by atoms with Crippen LogP contribution in [0.5, 0.6) is 0 Å². The molecule has 1 saturated heterocycles. The Kier molecular flexibility index (Phi) is 5.39. The van der Waals surface area contributed by atoms with Crippen LogP contribution in [0.4, 0.5) is 28.7 Å². The molecular formula is C22H25N5O. The van der Waals surface area contributed by atoms with Crippen molar-refractivity contribution in [1.29, 1.82) is 0 Å². The lowest BCUT2D eigenvalue weighted by Crippen LogP contribution is -2.36. The second-order valence-corrected chi connectivity index (χ2v) is 6.90. The number of benzene rings is 2. The highest BCUT2D eigenvalue weighted by Gasteiger charge is 2.15. The summed E-state index contributed by atoms with van der Waals surface area (Å²) in [5, 5.41) is 6.85. The number of nitrogens with one attached hydrogen (secondary N) is 2. The predicted octanol–water partition coefficient (Wildman–Crippen LogP) is 4.42. The summed E-state index contributed by atoms with van der Waals surface area (Å²) in [6, 6.07) is 16.4. The van der Waals surface area contributed by atoms with Crippen molar-refractivity contribution in [3.8, 4) is 0 Å². The van der Waals surface area contributed by atoms with E-state index < -0.39 is 0 Å². The summed E-state index contributed by atoms with van der Waals surface area (Å²) in [5.41, 5.74) is 5.71. The monoisotopic (exact) mass is 375 g/mol. The summed E-state index contributed by atoms with van der Waals surface area (Å²) in [6.07, 6.45) is 1.58. The molecule has 28 heavy (non-hydrogen) atoms. The number of anilines is 5. The third-order valence-electron chi connectivity index (χ3n) is 5.05. The number of aromatic nitrogens is 2. The molecule has 2 aromatic carbocycles. The Hall–Kier alpha value is -3.12. The average Bonchev–Trinajstić information content (AvgIpc) is 2.73. The van der Waals surface area contributed by atoms with E-state index in [0.29, 0.717) is 0 Å². The van der Waals surface area contributed by atoms with E-state index in [0.717, 1.165) is 55.0 Å². The van der Waals surface area contributed by atoms with Gasteiger partial charge in [0.25, 0.3) is 0 Å². The van der Waals surface area contributed by atoms with Crippen molar-refractivity contribution in [3.05, 3.63) is 66.0 Å². The van der Waals surface area contributed by atoms with Crippen LogP contribution in [0.15, 0.2) is 54.9 Å². The number of aryl methyl sites for hydroxylation is 1. The molecular weight excluding hydrogens is 350 g/mol. The molecule has 1 aromatic heterocycles. The minimum absolute atomic E-state index is 0.753. The van der Waals surface area contributed by atoms with Gasteiger partial charge in [-0.15, -0.1) is 0 Å². The van der Waals surface area contributed by atoms with Gasteiger partial charge in [0.15, 0.2) is 0 Å². The molecule has 0 aliphatic carbocycles. The van der Waals surface area contributed by atoms with E-state index in [1.54, 1.807) is 6.33 Å². The maximum absolute atomic E-state index is 5.48. The largest absolute Gasteiger partial charge is 0.378 e. The van der Waals surface area contributed by atoms with Gasteiger partial charge in [-0.05, 0) is 43.2 Å². The van der Waals surface area contributed by atoms with E-state index in [4.69, 9.17) is 4.74 Å². The van der Waals surface area contributed by atoms with Crippen molar-refractivity contribution in [3.63, 3.8) is 0 Å². The molecule has 3 aromatic rings. The molecule has 2 N–H and O–H groups in total. The van der Waals surface area contributed by atoms with Crippen LogP contribution < -0.4 is 15.5 Å². The zero-order chi connectivity index (χ0) is 19.3. The van der Waals surface area contributed by atoms with Crippen molar-refractivity contribution in [2.75, 3.05) is 41.8 Å². The molecule has 0 saturated carbocycles. The van der Waals surface area contributed by atoms with Crippen LogP contribution in [0.25, 0.3) is 0 Å². The Bertz CT molecular complexity index is 953. The smallest absolute Gasteiger partial charge is 0.135 e. The van der Waals surface area contributed by atoms with Crippen LogP contribution >= 0.6 is 0 Å². The fraction of sp³-hybridized carbons (Fsp3) is 0.273. The first kappa shape index (κ1) is 18.3. The summed E-state index contributed by atoms with van der Waals surface area (Å²) in [4.78, 5) is 11.1. The van der Waals surface area contributed by atoms with Gasteiger partial charge in [-0.25, -0.2) is 9.97 Å². The van der Waals surface area contributed by atoms with Crippen molar-refractivity contribution in [1.82, 2.24) is 9.97 Å². The maximum atomic E-state index is 5.48. The van der Waals surface area contributed by atoms with Crippen molar-refractivity contribution >= 4 is 28.7 Å². The van der Waals surface area contributed by atoms with Crippen molar-refractivity contribution < 1.29 is 4.74 Å². The van der Waals surface area contributed by atoms with Gasteiger partial charge < -0.3 is 20.3 Å². The van der Waals surface area contributed by atoms with Crippen molar-refractivity contribution in [2.24, 2.45) is 0 Å². The summed E-state index contributed by atoms with van der Waals surface area (Å²) in [7, 11) is 0. The second kappa shape index (κ2) is 8.27. The van der Waals surface area contributed by atoms with E-state index >= 15 is 0 Å². The fourth-order valence-corrected chi connectivity index (χ4v) is 3.32. The number of morpholine rings is 1. The quantitative estimate of drug-likeness (QED) is 0.688. The Morgan fingerprint density at radius 2 is 1.54 bits per heavy atom.